The number of nitrogens with two attached hydrogens (primary N) is 1. The van der Waals surface area contributed by atoms with Gasteiger partial charge in [-0.05, 0) is 49.1 Å². The molecule has 4 N–H and O–H groups in total. The normalized spacial score (nSPS) is 12.9. The first-order chi connectivity index (χ1) is 6.49. The number of aliphatic hydroxyl groups is 1. The van der Waals surface area contributed by atoms with Crippen LogP contribution in [0.15, 0.2) is 6.07 Å². The van der Waals surface area contributed by atoms with Gasteiger partial charge in [0.2, 0.25) is 0 Å². The average Bonchev–Trinajstić information content (AvgIpc) is 2.14. The Bertz CT molecular complexity index is 348. The van der Waals surface area contributed by atoms with Gasteiger partial charge in [-0.1, -0.05) is 0 Å². The molecule has 1 aromatic carbocycles. The molecule has 1 atom stereocenters. The maximum atomic E-state index is 9.70. The molecular weight excluding hydrogens is 178 g/mol. The van der Waals surface area contributed by atoms with Gasteiger partial charge in [0.25, 0.3) is 0 Å². The van der Waals surface area contributed by atoms with Gasteiger partial charge in [-0.25, -0.2) is 0 Å². The number of phenolic OH excluding ortho intramolecular Hbond substituents is 1. The van der Waals surface area contributed by atoms with Gasteiger partial charge < -0.3 is 15.9 Å². The van der Waals surface area contributed by atoms with Crippen molar-refractivity contribution in [1.29, 1.82) is 0 Å². The van der Waals surface area contributed by atoms with Gasteiger partial charge >= 0.3 is 0 Å². The fourth-order valence-electron chi connectivity index (χ4n) is 1.71. The third-order valence-electron chi connectivity index (χ3n) is 2.69. The summed E-state index contributed by atoms with van der Waals surface area (Å²) < 4.78 is 0. The van der Waals surface area contributed by atoms with Gasteiger partial charge in [0.15, 0.2) is 0 Å². The number of hydrogen-bond donors (Lipinski definition) is 3. The molecule has 14 heavy (non-hydrogen) atoms. The van der Waals surface area contributed by atoms with Crippen molar-refractivity contribution in [2.45, 2.75) is 26.9 Å². The zero-order valence-electron chi connectivity index (χ0n) is 8.83. The molecule has 0 aliphatic rings. The first kappa shape index (κ1) is 11.0. The van der Waals surface area contributed by atoms with E-state index in [1.807, 2.05) is 20.8 Å². The molecule has 3 heteroatoms. The van der Waals surface area contributed by atoms with E-state index in [9.17, 15) is 10.2 Å². The highest BCUT2D eigenvalue weighted by molar-refractivity contribution is 5.48. The maximum absolute atomic E-state index is 9.70. The van der Waals surface area contributed by atoms with E-state index in [0.717, 1.165) is 22.3 Å². The van der Waals surface area contributed by atoms with Gasteiger partial charge in [-0.3, -0.25) is 0 Å². The number of phenols is 1. The number of rotatable bonds is 2. The highest BCUT2D eigenvalue weighted by Gasteiger charge is 2.15. The molecule has 0 bridgehead atoms. The molecule has 1 unspecified atom stereocenters. The highest BCUT2D eigenvalue weighted by Crippen LogP contribution is 2.30. The number of benzene rings is 1. The first-order valence-electron chi connectivity index (χ1n) is 4.66. The standard InChI is InChI=1S/C11H17NO2/c1-6-4-9(13)7(2)8(3)11(6)10(14)5-12/h4,10,13-14H,5,12H2,1-3H3. The minimum absolute atomic E-state index is 0.200. The molecule has 0 aromatic heterocycles. The highest BCUT2D eigenvalue weighted by atomic mass is 16.3. The second-order valence-electron chi connectivity index (χ2n) is 3.63. The van der Waals surface area contributed by atoms with Crippen molar-refractivity contribution < 1.29 is 10.2 Å². The monoisotopic (exact) mass is 195 g/mol. The second-order valence-corrected chi connectivity index (χ2v) is 3.63. The number of hydrogen-bond acceptors (Lipinski definition) is 3. The van der Waals surface area contributed by atoms with E-state index in [1.165, 1.54) is 0 Å². The third-order valence-corrected chi connectivity index (χ3v) is 2.69. The van der Waals surface area contributed by atoms with E-state index in [0.29, 0.717) is 0 Å². The Labute approximate surface area is 84.2 Å². The zero-order valence-corrected chi connectivity index (χ0v) is 8.83. The van der Waals surface area contributed by atoms with Crippen molar-refractivity contribution in [3.63, 3.8) is 0 Å². The largest absolute Gasteiger partial charge is 0.508 e. The molecule has 0 radical (unpaired) electrons. The molecule has 0 spiro atoms. The van der Waals surface area contributed by atoms with Crippen LogP contribution in [0.4, 0.5) is 0 Å². The molecule has 1 rings (SSSR count). The zero-order chi connectivity index (χ0) is 10.9. The van der Waals surface area contributed by atoms with Crippen LogP contribution in [0, 0.1) is 20.8 Å². The molecular formula is C11H17NO2. The maximum Gasteiger partial charge on any atom is 0.119 e. The Balaban J connectivity index is 3.36. The lowest BCUT2D eigenvalue weighted by atomic mass is 9.93. The summed E-state index contributed by atoms with van der Waals surface area (Å²) in [7, 11) is 0. The predicted molar refractivity (Wildman–Crippen MR) is 56.3 cm³/mol. The Morgan fingerprint density at radius 2 is 1.86 bits per heavy atom. The smallest absolute Gasteiger partial charge is 0.119 e. The lowest BCUT2D eigenvalue weighted by Gasteiger charge is -2.17. The van der Waals surface area contributed by atoms with Crippen molar-refractivity contribution in [2.24, 2.45) is 5.73 Å². The minimum Gasteiger partial charge on any atom is -0.508 e. The fraction of sp³-hybridized carbons (Fsp3) is 0.455. The number of aromatic hydroxyl groups is 1. The van der Waals surface area contributed by atoms with Gasteiger partial charge in [0.05, 0.1) is 6.10 Å². The molecule has 78 valence electrons. The van der Waals surface area contributed by atoms with Crippen LogP contribution in [0.25, 0.3) is 0 Å². The minimum atomic E-state index is -0.644. The summed E-state index contributed by atoms with van der Waals surface area (Å²) in [6.45, 7) is 5.78. The number of aliphatic hydroxyl groups excluding tert-OH is 1. The molecule has 3 nitrogen and oxygen atoms in total. The average molecular weight is 195 g/mol. The summed E-state index contributed by atoms with van der Waals surface area (Å²) in [6.07, 6.45) is -0.644. The van der Waals surface area contributed by atoms with Crippen molar-refractivity contribution in [3.05, 3.63) is 28.3 Å². The lowest BCUT2D eigenvalue weighted by molar-refractivity contribution is 0.185. The Kier molecular flexibility index (Phi) is 3.13. The Morgan fingerprint density at radius 3 is 2.36 bits per heavy atom. The molecule has 0 saturated heterocycles. The fourth-order valence-corrected chi connectivity index (χ4v) is 1.71. The van der Waals surface area contributed by atoms with Crippen molar-refractivity contribution >= 4 is 0 Å². The van der Waals surface area contributed by atoms with E-state index in [2.05, 4.69) is 0 Å². The van der Waals surface area contributed by atoms with Crippen LogP contribution in [0.1, 0.15) is 28.4 Å². The van der Waals surface area contributed by atoms with Gasteiger partial charge in [-0.2, -0.15) is 0 Å². The summed E-state index contributed by atoms with van der Waals surface area (Å²) in [4.78, 5) is 0. The molecule has 0 saturated carbocycles. The van der Waals surface area contributed by atoms with Crippen molar-refractivity contribution in [3.8, 4) is 5.75 Å². The van der Waals surface area contributed by atoms with Gasteiger partial charge in [0.1, 0.15) is 5.75 Å². The topological polar surface area (TPSA) is 66.5 Å². The van der Waals surface area contributed by atoms with Crippen LogP contribution in [-0.4, -0.2) is 16.8 Å². The molecule has 1 aromatic rings. The second kappa shape index (κ2) is 3.98. The molecule has 0 aliphatic heterocycles. The Morgan fingerprint density at radius 1 is 1.29 bits per heavy atom. The number of aryl methyl sites for hydroxylation is 1. The van der Waals surface area contributed by atoms with Crippen LogP contribution < -0.4 is 5.73 Å². The summed E-state index contributed by atoms with van der Waals surface area (Å²) in [5.74, 6) is 0.271. The molecule has 0 heterocycles. The molecule has 0 amide bonds. The van der Waals surface area contributed by atoms with Crippen LogP contribution in [0.2, 0.25) is 0 Å². The van der Waals surface area contributed by atoms with Crippen molar-refractivity contribution in [2.75, 3.05) is 6.54 Å². The van der Waals surface area contributed by atoms with Crippen LogP contribution in [0.5, 0.6) is 5.75 Å². The van der Waals surface area contributed by atoms with Crippen LogP contribution >= 0.6 is 0 Å². The summed E-state index contributed by atoms with van der Waals surface area (Å²) in [5, 5.41) is 19.2. The van der Waals surface area contributed by atoms with Gasteiger partial charge in [0, 0.05) is 6.54 Å². The first-order valence-corrected chi connectivity index (χ1v) is 4.66. The van der Waals surface area contributed by atoms with E-state index < -0.39 is 6.10 Å². The van der Waals surface area contributed by atoms with E-state index in [1.54, 1.807) is 6.07 Å². The SMILES string of the molecule is Cc1cc(O)c(C)c(C)c1C(O)CN. The lowest BCUT2D eigenvalue weighted by Crippen LogP contribution is -2.14. The summed E-state index contributed by atoms with van der Waals surface area (Å²) >= 11 is 0. The van der Waals surface area contributed by atoms with E-state index >= 15 is 0 Å². The summed E-state index contributed by atoms with van der Waals surface area (Å²) in [6, 6.07) is 1.66. The Hall–Kier alpha value is -1.06. The van der Waals surface area contributed by atoms with Crippen molar-refractivity contribution in [1.82, 2.24) is 0 Å². The molecule has 0 aliphatic carbocycles. The molecule has 0 fully saturated rings. The van der Waals surface area contributed by atoms with Gasteiger partial charge in [-0.15, -0.1) is 0 Å². The van der Waals surface area contributed by atoms with Crippen LogP contribution in [0.3, 0.4) is 0 Å². The van der Waals surface area contributed by atoms with Crippen LogP contribution in [-0.2, 0) is 0 Å². The quantitative estimate of drug-likeness (QED) is 0.666. The predicted octanol–water partition coefficient (Wildman–Crippen LogP) is 1.31. The van der Waals surface area contributed by atoms with E-state index in [4.69, 9.17) is 5.73 Å². The third kappa shape index (κ3) is 1.74. The summed E-state index contributed by atoms with van der Waals surface area (Å²) in [5.41, 5.74) is 8.85. The van der Waals surface area contributed by atoms with E-state index in [-0.39, 0.29) is 12.3 Å².